The topological polar surface area (TPSA) is 35.5 Å². The third kappa shape index (κ3) is 4.57. The highest BCUT2D eigenvalue weighted by atomic mass is 17.2. The van der Waals surface area contributed by atoms with Gasteiger partial charge in [-0.1, -0.05) is 31.0 Å². The summed E-state index contributed by atoms with van der Waals surface area (Å²) in [4.78, 5) is 21.7. The molecular weight excluding hydrogens is 216 g/mol. The van der Waals surface area contributed by atoms with Gasteiger partial charge in [0.1, 0.15) is 5.60 Å². The molecule has 0 N–H and O–H groups in total. The molecule has 0 aliphatic rings. The summed E-state index contributed by atoms with van der Waals surface area (Å²) >= 11 is 0. The number of aryl methyl sites for hydroxylation is 1. The van der Waals surface area contributed by atoms with Crippen LogP contribution < -0.4 is 0 Å². The van der Waals surface area contributed by atoms with E-state index in [1.807, 2.05) is 32.9 Å². The van der Waals surface area contributed by atoms with E-state index < -0.39 is 11.6 Å². The summed E-state index contributed by atoms with van der Waals surface area (Å²) in [5, 5.41) is 0. The lowest BCUT2D eigenvalue weighted by Gasteiger charge is -2.21. The van der Waals surface area contributed by atoms with E-state index in [4.69, 9.17) is 9.78 Å². The van der Waals surface area contributed by atoms with Gasteiger partial charge in [-0.25, -0.2) is 4.79 Å². The fourth-order valence-electron chi connectivity index (χ4n) is 1.53. The highest BCUT2D eigenvalue weighted by molar-refractivity contribution is 5.88. The Morgan fingerprint density at radius 3 is 2.35 bits per heavy atom. The van der Waals surface area contributed by atoms with Crippen molar-refractivity contribution in [1.29, 1.82) is 0 Å². The van der Waals surface area contributed by atoms with Crippen LogP contribution in [0.15, 0.2) is 24.3 Å². The zero-order chi connectivity index (χ0) is 12.9. The monoisotopic (exact) mass is 236 g/mol. The van der Waals surface area contributed by atoms with Gasteiger partial charge in [0.2, 0.25) is 0 Å². The van der Waals surface area contributed by atoms with E-state index in [2.05, 4.69) is 6.92 Å². The fraction of sp³-hybridized carbons (Fsp3) is 0.500. The largest absolute Gasteiger partial charge is 0.373 e. The molecule has 0 spiro atoms. The Morgan fingerprint density at radius 1 is 1.24 bits per heavy atom. The normalized spacial score (nSPS) is 11.3. The van der Waals surface area contributed by atoms with Gasteiger partial charge in [-0.15, -0.1) is 0 Å². The molecule has 0 saturated carbocycles. The molecule has 3 heteroatoms. The second-order valence-corrected chi connectivity index (χ2v) is 4.83. The summed E-state index contributed by atoms with van der Waals surface area (Å²) < 4.78 is 0. The van der Waals surface area contributed by atoms with Crippen LogP contribution in [0.3, 0.4) is 0 Å². The van der Waals surface area contributed by atoms with Crippen LogP contribution in [0.5, 0.6) is 0 Å². The average molecular weight is 236 g/mol. The first-order chi connectivity index (χ1) is 7.94. The quantitative estimate of drug-likeness (QED) is 0.578. The van der Waals surface area contributed by atoms with Crippen LogP contribution in [0.4, 0.5) is 0 Å². The van der Waals surface area contributed by atoms with Crippen LogP contribution in [-0.4, -0.2) is 11.6 Å². The molecule has 94 valence electrons. The molecule has 17 heavy (non-hydrogen) atoms. The Labute approximate surface area is 103 Å². The molecule has 1 aromatic carbocycles. The van der Waals surface area contributed by atoms with Gasteiger partial charge in [0.25, 0.3) is 0 Å². The van der Waals surface area contributed by atoms with Crippen LogP contribution in [0.2, 0.25) is 0 Å². The van der Waals surface area contributed by atoms with Crippen molar-refractivity contribution in [3.8, 4) is 0 Å². The SMILES string of the molecule is CCCC(C)(C)OOC(=O)c1ccc(C)cc1. The van der Waals surface area contributed by atoms with E-state index in [0.717, 1.165) is 18.4 Å². The van der Waals surface area contributed by atoms with Gasteiger partial charge < -0.3 is 0 Å². The Balaban J connectivity index is 2.53. The van der Waals surface area contributed by atoms with Crippen molar-refractivity contribution >= 4 is 5.97 Å². The smallest absolute Gasteiger partial charge is 0.292 e. The van der Waals surface area contributed by atoms with Crippen molar-refractivity contribution in [1.82, 2.24) is 0 Å². The van der Waals surface area contributed by atoms with Gasteiger partial charge in [-0.05, 0) is 39.3 Å². The van der Waals surface area contributed by atoms with E-state index >= 15 is 0 Å². The zero-order valence-electron chi connectivity index (χ0n) is 10.9. The molecule has 1 rings (SSSR count). The second kappa shape index (κ2) is 5.82. The minimum absolute atomic E-state index is 0.435. The van der Waals surface area contributed by atoms with Crippen molar-refractivity contribution in [2.24, 2.45) is 0 Å². The highest BCUT2D eigenvalue weighted by Gasteiger charge is 2.21. The van der Waals surface area contributed by atoms with Crippen LogP contribution in [-0.2, 0) is 9.78 Å². The molecule has 0 atom stereocenters. The average Bonchev–Trinajstić information content (AvgIpc) is 2.27. The predicted octanol–water partition coefficient (Wildman–Crippen LogP) is 3.66. The molecule has 0 aliphatic carbocycles. The van der Waals surface area contributed by atoms with Crippen molar-refractivity contribution < 1.29 is 14.6 Å². The van der Waals surface area contributed by atoms with Crippen molar-refractivity contribution in [3.05, 3.63) is 35.4 Å². The van der Waals surface area contributed by atoms with Gasteiger partial charge in [0.05, 0.1) is 5.56 Å². The number of rotatable bonds is 5. The Morgan fingerprint density at radius 2 is 1.82 bits per heavy atom. The number of hydrogen-bond donors (Lipinski definition) is 0. The lowest BCUT2D eigenvalue weighted by Crippen LogP contribution is -2.26. The summed E-state index contributed by atoms with van der Waals surface area (Å²) in [5.74, 6) is -0.450. The summed E-state index contributed by atoms with van der Waals surface area (Å²) in [7, 11) is 0. The standard InChI is InChI=1S/C14H20O3/c1-5-10-14(3,4)17-16-13(15)12-8-6-11(2)7-9-12/h6-9H,5,10H2,1-4H3. The molecule has 0 aromatic heterocycles. The molecule has 0 unspecified atom stereocenters. The molecule has 0 radical (unpaired) electrons. The van der Waals surface area contributed by atoms with Gasteiger partial charge in [-0.3, -0.25) is 4.89 Å². The fourth-order valence-corrected chi connectivity index (χ4v) is 1.53. The summed E-state index contributed by atoms with van der Waals surface area (Å²) in [6, 6.07) is 7.20. The Hall–Kier alpha value is -1.35. The Bertz CT molecular complexity index is 366. The van der Waals surface area contributed by atoms with E-state index in [9.17, 15) is 4.79 Å². The molecule has 1 aromatic rings. The number of carbonyl (C=O) groups is 1. The van der Waals surface area contributed by atoms with E-state index in [1.165, 1.54) is 0 Å². The van der Waals surface area contributed by atoms with E-state index in [0.29, 0.717) is 5.56 Å². The van der Waals surface area contributed by atoms with Crippen LogP contribution >= 0.6 is 0 Å². The van der Waals surface area contributed by atoms with E-state index in [1.54, 1.807) is 12.1 Å². The van der Waals surface area contributed by atoms with Gasteiger partial charge in [0, 0.05) is 0 Å². The van der Waals surface area contributed by atoms with Gasteiger partial charge in [-0.2, -0.15) is 4.89 Å². The van der Waals surface area contributed by atoms with Crippen LogP contribution in [0.1, 0.15) is 49.5 Å². The minimum Gasteiger partial charge on any atom is -0.292 e. The number of benzene rings is 1. The second-order valence-electron chi connectivity index (χ2n) is 4.83. The first kappa shape index (κ1) is 13.7. The predicted molar refractivity (Wildman–Crippen MR) is 66.7 cm³/mol. The lowest BCUT2D eigenvalue weighted by molar-refractivity contribution is -0.308. The first-order valence-corrected chi connectivity index (χ1v) is 5.91. The van der Waals surface area contributed by atoms with Crippen LogP contribution in [0.25, 0.3) is 0 Å². The first-order valence-electron chi connectivity index (χ1n) is 5.91. The van der Waals surface area contributed by atoms with Gasteiger partial charge in [0.15, 0.2) is 0 Å². The minimum atomic E-state index is -0.450. The zero-order valence-corrected chi connectivity index (χ0v) is 10.9. The number of carbonyl (C=O) groups excluding carboxylic acids is 1. The van der Waals surface area contributed by atoms with Gasteiger partial charge >= 0.3 is 5.97 Å². The third-order valence-electron chi connectivity index (χ3n) is 2.48. The number of hydrogen-bond acceptors (Lipinski definition) is 3. The summed E-state index contributed by atoms with van der Waals surface area (Å²) in [6.07, 6.45) is 1.82. The molecule has 0 fully saturated rings. The van der Waals surface area contributed by atoms with Crippen molar-refractivity contribution in [2.75, 3.05) is 0 Å². The maximum Gasteiger partial charge on any atom is 0.373 e. The summed E-state index contributed by atoms with van der Waals surface area (Å²) in [5.41, 5.74) is 1.17. The Kier molecular flexibility index (Phi) is 4.70. The lowest BCUT2D eigenvalue weighted by atomic mass is 10.0. The molecule has 3 nitrogen and oxygen atoms in total. The third-order valence-corrected chi connectivity index (χ3v) is 2.48. The molecule has 0 amide bonds. The maximum absolute atomic E-state index is 11.7. The summed E-state index contributed by atoms with van der Waals surface area (Å²) in [6.45, 7) is 7.83. The van der Waals surface area contributed by atoms with E-state index in [-0.39, 0.29) is 0 Å². The van der Waals surface area contributed by atoms with Crippen molar-refractivity contribution in [2.45, 2.75) is 46.1 Å². The molecule has 0 heterocycles. The molecular formula is C14H20O3. The molecule has 0 aliphatic heterocycles. The van der Waals surface area contributed by atoms with Crippen molar-refractivity contribution in [3.63, 3.8) is 0 Å². The van der Waals surface area contributed by atoms with Crippen LogP contribution in [0, 0.1) is 6.92 Å². The molecule has 0 saturated heterocycles. The highest BCUT2D eigenvalue weighted by Crippen LogP contribution is 2.17. The maximum atomic E-state index is 11.7. The molecule has 0 bridgehead atoms.